The number of nitrogens with zero attached hydrogens (tertiary/aromatic N) is 1. The molecule has 1 heterocycles. The average Bonchev–Trinajstić information content (AvgIpc) is 2.15. The Kier molecular flexibility index (Phi) is 4.06. The molecule has 88 valence electrons. The highest BCUT2D eigenvalue weighted by molar-refractivity contribution is 7.89. The van der Waals surface area contributed by atoms with Crippen LogP contribution in [0.3, 0.4) is 0 Å². The number of methoxy groups -OCH3 is 1. The summed E-state index contributed by atoms with van der Waals surface area (Å²) in [5.41, 5.74) is 0. The van der Waals surface area contributed by atoms with E-state index in [1.807, 2.05) is 0 Å². The van der Waals surface area contributed by atoms with E-state index in [4.69, 9.17) is 9.84 Å². The number of sulfonamides is 1. The monoisotopic (exact) mass is 237 g/mol. The Morgan fingerprint density at radius 1 is 1.53 bits per heavy atom. The van der Waals surface area contributed by atoms with Gasteiger partial charge in [-0.3, -0.25) is 0 Å². The van der Waals surface area contributed by atoms with Crippen LogP contribution in [0.25, 0.3) is 0 Å². The lowest BCUT2D eigenvalue weighted by Gasteiger charge is -2.27. The molecule has 15 heavy (non-hydrogen) atoms. The summed E-state index contributed by atoms with van der Waals surface area (Å²) < 4.78 is 29.0. The lowest BCUT2D eigenvalue weighted by atomic mass is 10.3. The molecule has 1 unspecified atom stereocenters. The van der Waals surface area contributed by atoms with Crippen LogP contribution in [-0.4, -0.2) is 55.9 Å². The number of hydrogen-bond donors (Lipinski definition) is 1. The van der Waals surface area contributed by atoms with Gasteiger partial charge in [-0.15, -0.1) is 0 Å². The van der Waals surface area contributed by atoms with Crippen LogP contribution in [0.1, 0.15) is 12.8 Å². The van der Waals surface area contributed by atoms with Crippen LogP contribution in [0.15, 0.2) is 0 Å². The smallest absolute Gasteiger partial charge is 0.334 e. The molecule has 0 aliphatic carbocycles. The number of rotatable bonds is 4. The Morgan fingerprint density at radius 3 is 2.67 bits per heavy atom. The van der Waals surface area contributed by atoms with E-state index in [0.717, 1.165) is 6.42 Å². The van der Waals surface area contributed by atoms with Gasteiger partial charge in [-0.1, -0.05) is 0 Å². The van der Waals surface area contributed by atoms with Gasteiger partial charge in [0.1, 0.15) is 0 Å². The molecule has 7 heteroatoms. The molecule has 0 radical (unpaired) electrons. The van der Waals surface area contributed by atoms with Crippen molar-refractivity contribution < 1.29 is 23.1 Å². The SMILES string of the molecule is COC(CN1CCCCS1(=O)=O)C(=O)O. The third-order valence-electron chi connectivity index (χ3n) is 2.38. The highest BCUT2D eigenvalue weighted by atomic mass is 32.2. The Bertz CT molecular complexity index is 326. The summed E-state index contributed by atoms with van der Waals surface area (Å²) in [6, 6.07) is 0. The second-order valence-corrected chi connectivity index (χ2v) is 5.53. The van der Waals surface area contributed by atoms with E-state index in [1.165, 1.54) is 11.4 Å². The Morgan fingerprint density at radius 2 is 2.20 bits per heavy atom. The maximum Gasteiger partial charge on any atom is 0.334 e. The highest BCUT2D eigenvalue weighted by Gasteiger charge is 2.30. The van der Waals surface area contributed by atoms with E-state index in [-0.39, 0.29) is 12.3 Å². The van der Waals surface area contributed by atoms with Crippen LogP contribution >= 0.6 is 0 Å². The van der Waals surface area contributed by atoms with Crippen molar-refractivity contribution in [1.29, 1.82) is 0 Å². The molecule has 0 bridgehead atoms. The van der Waals surface area contributed by atoms with Crippen LogP contribution in [0.5, 0.6) is 0 Å². The minimum Gasteiger partial charge on any atom is -0.479 e. The molecule has 0 amide bonds. The van der Waals surface area contributed by atoms with Crippen molar-refractivity contribution >= 4 is 16.0 Å². The molecule has 6 nitrogen and oxygen atoms in total. The number of carbonyl (C=O) groups is 1. The summed E-state index contributed by atoms with van der Waals surface area (Å²) in [6.07, 6.45) is 0.330. The first kappa shape index (κ1) is 12.4. The van der Waals surface area contributed by atoms with Gasteiger partial charge in [0.15, 0.2) is 6.10 Å². The number of carboxylic acid groups (broad SMARTS) is 1. The van der Waals surface area contributed by atoms with Crippen molar-refractivity contribution in [3.63, 3.8) is 0 Å². The molecule has 1 atom stereocenters. The largest absolute Gasteiger partial charge is 0.479 e. The normalized spacial score (nSPS) is 23.5. The van der Waals surface area contributed by atoms with Crippen molar-refractivity contribution in [2.45, 2.75) is 18.9 Å². The third kappa shape index (κ3) is 3.15. The van der Waals surface area contributed by atoms with Crippen LogP contribution < -0.4 is 0 Å². The van der Waals surface area contributed by atoms with Crippen LogP contribution in [0.2, 0.25) is 0 Å². The highest BCUT2D eigenvalue weighted by Crippen LogP contribution is 2.14. The summed E-state index contributed by atoms with van der Waals surface area (Å²) in [7, 11) is -2.01. The van der Waals surface area contributed by atoms with E-state index >= 15 is 0 Å². The fourth-order valence-corrected chi connectivity index (χ4v) is 3.08. The zero-order valence-electron chi connectivity index (χ0n) is 8.55. The van der Waals surface area contributed by atoms with Crippen molar-refractivity contribution in [2.24, 2.45) is 0 Å². The van der Waals surface area contributed by atoms with Crippen LogP contribution in [0, 0.1) is 0 Å². The molecule has 0 aromatic carbocycles. The van der Waals surface area contributed by atoms with E-state index in [0.29, 0.717) is 13.0 Å². The molecule has 1 aliphatic rings. The van der Waals surface area contributed by atoms with Crippen molar-refractivity contribution in [2.75, 3.05) is 26.0 Å². The Labute approximate surface area is 88.9 Å². The molecule has 0 saturated carbocycles. The predicted octanol–water partition coefficient (Wildman–Crippen LogP) is -0.488. The fourth-order valence-electron chi connectivity index (χ4n) is 1.48. The molecule has 0 aromatic rings. The predicted molar refractivity (Wildman–Crippen MR) is 53.0 cm³/mol. The molecule has 1 N–H and O–H groups in total. The van der Waals surface area contributed by atoms with Crippen molar-refractivity contribution in [3.8, 4) is 0 Å². The van der Waals surface area contributed by atoms with Gasteiger partial charge >= 0.3 is 5.97 Å². The minimum absolute atomic E-state index is 0.100. The van der Waals surface area contributed by atoms with Gasteiger partial charge in [0.05, 0.1) is 12.3 Å². The van der Waals surface area contributed by atoms with Gasteiger partial charge in [-0.25, -0.2) is 13.2 Å². The van der Waals surface area contributed by atoms with Gasteiger partial charge in [-0.2, -0.15) is 4.31 Å². The standard InChI is InChI=1S/C8H15NO5S/c1-14-7(8(10)11)6-9-4-2-3-5-15(9,12)13/h7H,2-6H2,1H3,(H,10,11). The van der Waals surface area contributed by atoms with Gasteiger partial charge in [0.25, 0.3) is 0 Å². The molecule has 0 spiro atoms. The summed E-state index contributed by atoms with van der Waals surface area (Å²) in [5.74, 6) is -1.04. The Balaban J connectivity index is 2.67. The van der Waals surface area contributed by atoms with Crippen LogP contribution in [0.4, 0.5) is 0 Å². The number of carboxylic acids is 1. The van der Waals surface area contributed by atoms with E-state index in [9.17, 15) is 13.2 Å². The second kappa shape index (κ2) is 4.91. The van der Waals surface area contributed by atoms with Gasteiger partial charge < -0.3 is 9.84 Å². The lowest BCUT2D eigenvalue weighted by molar-refractivity contribution is -0.148. The van der Waals surface area contributed by atoms with Crippen LogP contribution in [-0.2, 0) is 19.6 Å². The summed E-state index contributed by atoms with van der Waals surface area (Å²) in [5, 5.41) is 8.73. The second-order valence-electron chi connectivity index (χ2n) is 3.44. The third-order valence-corrected chi connectivity index (χ3v) is 4.31. The molecule has 1 aliphatic heterocycles. The van der Waals surface area contributed by atoms with Gasteiger partial charge in [-0.05, 0) is 12.8 Å². The first-order valence-corrected chi connectivity index (χ1v) is 6.31. The number of hydrogen-bond acceptors (Lipinski definition) is 4. The van der Waals surface area contributed by atoms with Gasteiger partial charge in [0, 0.05) is 13.7 Å². The first-order chi connectivity index (χ1) is 6.97. The molecule has 1 rings (SSSR count). The van der Waals surface area contributed by atoms with Crippen molar-refractivity contribution in [1.82, 2.24) is 4.31 Å². The van der Waals surface area contributed by atoms with E-state index in [1.54, 1.807) is 0 Å². The fraction of sp³-hybridized carbons (Fsp3) is 0.875. The Hall–Kier alpha value is -0.660. The van der Waals surface area contributed by atoms with E-state index < -0.39 is 22.1 Å². The topological polar surface area (TPSA) is 83.9 Å². The summed E-state index contributed by atoms with van der Waals surface area (Å²) >= 11 is 0. The maximum absolute atomic E-state index is 11.5. The average molecular weight is 237 g/mol. The summed E-state index contributed by atoms with van der Waals surface area (Å²) in [6.45, 7) is 0.281. The molecular weight excluding hydrogens is 222 g/mol. The summed E-state index contributed by atoms with van der Waals surface area (Å²) in [4.78, 5) is 10.7. The van der Waals surface area contributed by atoms with E-state index in [2.05, 4.69) is 0 Å². The quantitative estimate of drug-likeness (QED) is 0.713. The lowest BCUT2D eigenvalue weighted by Crippen LogP contribution is -2.45. The number of ether oxygens (including phenoxy) is 1. The first-order valence-electron chi connectivity index (χ1n) is 4.71. The minimum atomic E-state index is -3.27. The maximum atomic E-state index is 11.5. The zero-order valence-corrected chi connectivity index (χ0v) is 9.37. The van der Waals surface area contributed by atoms with Gasteiger partial charge in [0.2, 0.25) is 10.0 Å². The molecule has 0 aromatic heterocycles. The zero-order chi connectivity index (χ0) is 11.5. The molecular formula is C8H15NO5S. The number of aliphatic carboxylic acids is 1. The molecule has 1 fully saturated rings. The van der Waals surface area contributed by atoms with Crippen molar-refractivity contribution in [3.05, 3.63) is 0 Å². The molecule has 1 saturated heterocycles.